The Morgan fingerprint density at radius 3 is 2.15 bits per heavy atom. The van der Waals surface area contributed by atoms with E-state index in [2.05, 4.69) is 12.2 Å². The zero-order valence-corrected chi connectivity index (χ0v) is 25.8. The Hall–Kier alpha value is -3.07. The summed E-state index contributed by atoms with van der Waals surface area (Å²) in [7, 11) is -3.71. The number of hydrogen-bond donors (Lipinski definition) is 1. The lowest BCUT2D eigenvalue weighted by atomic mass is 10.0. The molecule has 0 heterocycles. The fraction of sp³-hybridized carbons (Fsp3) is 0.355. The summed E-state index contributed by atoms with van der Waals surface area (Å²) in [6.07, 6.45) is 3.46. The molecular weight excluding hydrogens is 581 g/mol. The van der Waals surface area contributed by atoms with E-state index in [0.29, 0.717) is 18.0 Å². The lowest BCUT2D eigenvalue weighted by Gasteiger charge is -2.32. The molecule has 1 atom stereocenters. The highest BCUT2D eigenvalue weighted by atomic mass is 35.5. The van der Waals surface area contributed by atoms with Gasteiger partial charge in [-0.25, -0.2) is 8.42 Å². The number of anilines is 1. The van der Waals surface area contributed by atoms with E-state index in [0.717, 1.165) is 34.5 Å². The highest BCUT2D eigenvalue weighted by molar-refractivity contribution is 7.92. The zero-order chi connectivity index (χ0) is 29.8. The normalized spacial score (nSPS) is 12.0. The molecule has 0 fully saturated rings. The topological polar surface area (TPSA) is 86.8 Å². The molecular formula is C31H37Cl2N3O4S. The van der Waals surface area contributed by atoms with Crippen LogP contribution in [0.2, 0.25) is 10.0 Å². The predicted octanol–water partition coefficient (Wildman–Crippen LogP) is 6.10. The van der Waals surface area contributed by atoms with Crippen molar-refractivity contribution in [3.63, 3.8) is 0 Å². The summed E-state index contributed by atoms with van der Waals surface area (Å²) < 4.78 is 26.5. The summed E-state index contributed by atoms with van der Waals surface area (Å²) in [6, 6.07) is 23.0. The lowest BCUT2D eigenvalue weighted by molar-refractivity contribution is -0.141. The second-order valence-electron chi connectivity index (χ2n) is 9.89. The minimum atomic E-state index is -3.71. The molecule has 41 heavy (non-hydrogen) atoms. The van der Waals surface area contributed by atoms with Crippen LogP contribution in [-0.2, 0) is 32.6 Å². The van der Waals surface area contributed by atoms with Gasteiger partial charge in [0.05, 0.1) is 17.0 Å². The number of sulfonamides is 1. The summed E-state index contributed by atoms with van der Waals surface area (Å²) in [4.78, 5) is 29.0. The molecule has 10 heteroatoms. The van der Waals surface area contributed by atoms with Crippen LogP contribution >= 0.6 is 23.2 Å². The highest BCUT2D eigenvalue weighted by Gasteiger charge is 2.30. The Bertz CT molecular complexity index is 1390. The number of carbonyl (C=O) groups excluding carboxylic acids is 2. The van der Waals surface area contributed by atoms with Gasteiger partial charge in [-0.2, -0.15) is 0 Å². The summed E-state index contributed by atoms with van der Waals surface area (Å²) in [5.41, 5.74) is 2.09. The molecule has 0 bridgehead atoms. The van der Waals surface area contributed by atoms with Gasteiger partial charge in [-0.1, -0.05) is 97.2 Å². The van der Waals surface area contributed by atoms with E-state index in [1.165, 1.54) is 12.1 Å². The van der Waals surface area contributed by atoms with Crippen molar-refractivity contribution in [3.05, 3.63) is 100 Å². The van der Waals surface area contributed by atoms with Gasteiger partial charge in [-0.15, -0.1) is 0 Å². The van der Waals surface area contributed by atoms with E-state index in [4.69, 9.17) is 23.2 Å². The second-order valence-corrected chi connectivity index (χ2v) is 12.6. The van der Waals surface area contributed by atoms with Crippen molar-refractivity contribution in [2.45, 2.75) is 51.6 Å². The molecule has 0 aliphatic heterocycles. The third kappa shape index (κ3) is 10.1. The Balaban J connectivity index is 1.86. The van der Waals surface area contributed by atoms with Gasteiger partial charge in [0.15, 0.2) is 0 Å². The van der Waals surface area contributed by atoms with Gasteiger partial charge in [0.1, 0.15) is 6.04 Å². The van der Waals surface area contributed by atoms with Gasteiger partial charge in [-0.3, -0.25) is 13.9 Å². The number of benzene rings is 3. The maximum atomic E-state index is 13.8. The van der Waals surface area contributed by atoms with Crippen LogP contribution in [-0.4, -0.2) is 50.5 Å². The number of nitrogens with one attached hydrogen (secondary N) is 1. The van der Waals surface area contributed by atoms with Crippen LogP contribution in [0.25, 0.3) is 0 Å². The highest BCUT2D eigenvalue weighted by Crippen LogP contribution is 2.31. The quantitative estimate of drug-likeness (QED) is 0.209. The van der Waals surface area contributed by atoms with E-state index in [1.54, 1.807) is 11.0 Å². The fourth-order valence-corrected chi connectivity index (χ4v) is 5.90. The molecule has 0 aromatic heterocycles. The average Bonchev–Trinajstić information content (AvgIpc) is 2.95. The number of halogens is 2. The number of hydrogen-bond acceptors (Lipinski definition) is 4. The number of nitrogens with zero attached hydrogens (tertiary/aromatic N) is 2. The van der Waals surface area contributed by atoms with Crippen LogP contribution in [0.15, 0.2) is 78.9 Å². The molecule has 3 aromatic carbocycles. The van der Waals surface area contributed by atoms with Crippen molar-refractivity contribution in [3.8, 4) is 0 Å². The minimum absolute atomic E-state index is 0.0237. The maximum Gasteiger partial charge on any atom is 0.243 e. The van der Waals surface area contributed by atoms with Gasteiger partial charge < -0.3 is 10.2 Å². The van der Waals surface area contributed by atoms with E-state index in [9.17, 15) is 18.0 Å². The number of carbonyl (C=O) groups is 2. The zero-order valence-electron chi connectivity index (χ0n) is 23.4. The fourth-order valence-electron chi connectivity index (χ4n) is 4.50. The van der Waals surface area contributed by atoms with Crippen molar-refractivity contribution in [1.82, 2.24) is 10.2 Å². The smallest absolute Gasteiger partial charge is 0.243 e. The Morgan fingerprint density at radius 1 is 0.902 bits per heavy atom. The van der Waals surface area contributed by atoms with Gasteiger partial charge in [0.2, 0.25) is 21.8 Å². The molecule has 3 rings (SSSR count). The minimum Gasteiger partial charge on any atom is -0.354 e. The molecule has 0 spiro atoms. The molecule has 3 aromatic rings. The second kappa shape index (κ2) is 15.8. The molecule has 0 radical (unpaired) electrons. The van der Waals surface area contributed by atoms with Crippen molar-refractivity contribution in [2.75, 3.05) is 23.7 Å². The number of rotatable bonds is 15. The van der Waals surface area contributed by atoms with E-state index in [-0.39, 0.29) is 48.5 Å². The largest absolute Gasteiger partial charge is 0.354 e. The SMILES string of the molecule is CCCCNC(=O)[C@@H](Cc1ccccc1)N(Cc1ccccc1)C(=O)CCCN(c1cc(Cl)ccc1Cl)S(C)(=O)=O. The Labute approximate surface area is 253 Å². The molecule has 2 amide bonds. The Kier molecular flexibility index (Phi) is 12.5. The molecule has 0 saturated carbocycles. The monoisotopic (exact) mass is 617 g/mol. The Morgan fingerprint density at radius 2 is 1.54 bits per heavy atom. The van der Waals surface area contributed by atoms with Gasteiger partial charge >= 0.3 is 0 Å². The van der Waals surface area contributed by atoms with E-state index in [1.807, 2.05) is 60.7 Å². The molecule has 7 nitrogen and oxygen atoms in total. The third-order valence-corrected chi connectivity index (χ3v) is 8.36. The third-order valence-electron chi connectivity index (χ3n) is 6.63. The maximum absolute atomic E-state index is 13.8. The summed E-state index contributed by atoms with van der Waals surface area (Å²) in [5, 5.41) is 3.59. The first-order valence-corrected chi connectivity index (χ1v) is 16.3. The van der Waals surface area contributed by atoms with Gasteiger partial charge in [0.25, 0.3) is 0 Å². The average molecular weight is 619 g/mol. The van der Waals surface area contributed by atoms with Crippen molar-refractivity contribution in [1.29, 1.82) is 0 Å². The first kappa shape index (κ1) is 32.4. The van der Waals surface area contributed by atoms with E-state index < -0.39 is 16.1 Å². The van der Waals surface area contributed by atoms with Crippen LogP contribution < -0.4 is 9.62 Å². The first-order chi connectivity index (χ1) is 19.6. The molecule has 0 aliphatic rings. The number of amides is 2. The lowest BCUT2D eigenvalue weighted by Crippen LogP contribution is -2.50. The predicted molar refractivity (Wildman–Crippen MR) is 167 cm³/mol. The van der Waals surface area contributed by atoms with Crippen LogP contribution in [0.1, 0.15) is 43.7 Å². The summed E-state index contributed by atoms with van der Waals surface area (Å²) in [6.45, 7) is 2.84. The van der Waals surface area contributed by atoms with Crippen molar-refractivity contribution < 1.29 is 18.0 Å². The van der Waals surface area contributed by atoms with Crippen LogP contribution in [0.5, 0.6) is 0 Å². The molecule has 0 saturated heterocycles. The van der Waals surface area contributed by atoms with Gasteiger partial charge in [-0.05, 0) is 42.2 Å². The molecule has 0 unspecified atom stereocenters. The van der Waals surface area contributed by atoms with Gasteiger partial charge in [0, 0.05) is 37.5 Å². The molecule has 1 N–H and O–H groups in total. The summed E-state index contributed by atoms with van der Waals surface area (Å²) >= 11 is 12.4. The van der Waals surface area contributed by atoms with Crippen molar-refractivity contribution >= 4 is 50.7 Å². The van der Waals surface area contributed by atoms with E-state index >= 15 is 0 Å². The first-order valence-electron chi connectivity index (χ1n) is 13.7. The number of unbranched alkanes of at least 4 members (excludes halogenated alkanes) is 1. The van der Waals surface area contributed by atoms with Crippen molar-refractivity contribution in [2.24, 2.45) is 0 Å². The van der Waals surface area contributed by atoms with Crippen LogP contribution in [0, 0.1) is 0 Å². The standard InChI is InChI=1S/C31H37Cl2N3O4S/c1-3-4-19-34-31(38)29(21-24-12-7-5-8-13-24)35(23-25-14-9-6-10-15-25)30(37)16-11-20-36(41(2,39)40)28-22-26(32)17-18-27(28)33/h5-10,12-15,17-18,22,29H,3-4,11,16,19-21,23H2,1-2H3,(H,34,38)/t29-/m1/s1. The summed E-state index contributed by atoms with van der Waals surface area (Å²) in [5.74, 6) is -0.457. The van der Waals surface area contributed by atoms with Crippen LogP contribution in [0.3, 0.4) is 0 Å². The van der Waals surface area contributed by atoms with Crippen LogP contribution in [0.4, 0.5) is 5.69 Å². The molecule has 220 valence electrons. The molecule has 0 aliphatic carbocycles.